The first-order valence-corrected chi connectivity index (χ1v) is 11.3. The number of aromatic nitrogens is 3. The maximum absolute atomic E-state index is 12.9. The van der Waals surface area contributed by atoms with Gasteiger partial charge < -0.3 is 4.74 Å². The van der Waals surface area contributed by atoms with Gasteiger partial charge in [0.15, 0.2) is 0 Å². The van der Waals surface area contributed by atoms with Crippen LogP contribution in [0.15, 0.2) is 72.1 Å². The zero-order valence-electron chi connectivity index (χ0n) is 16.8. The largest absolute Gasteiger partial charge is 0.378 e. The predicted octanol–water partition coefficient (Wildman–Crippen LogP) is 1.84. The Hall–Kier alpha value is -2.59. The van der Waals surface area contributed by atoms with Gasteiger partial charge in [-0.15, -0.1) is 0 Å². The SMILES string of the molecule is COC1CN(Cc2ccncc2)CCC1NS(=O)(=O)c1ccc(-n2cccn2)cc1. The molecule has 0 bridgehead atoms. The van der Waals surface area contributed by atoms with Gasteiger partial charge in [0.1, 0.15) is 0 Å². The number of piperidine rings is 1. The number of pyridine rings is 1. The number of ether oxygens (including phenoxy) is 1. The molecule has 4 rings (SSSR count). The van der Waals surface area contributed by atoms with Gasteiger partial charge in [-0.3, -0.25) is 9.88 Å². The summed E-state index contributed by atoms with van der Waals surface area (Å²) in [5.41, 5.74) is 1.98. The number of hydrogen-bond donors (Lipinski definition) is 1. The van der Waals surface area contributed by atoms with Crippen LogP contribution in [0.25, 0.3) is 5.69 Å². The molecule has 2 atom stereocenters. The van der Waals surface area contributed by atoms with Crippen molar-refractivity contribution in [1.29, 1.82) is 0 Å². The maximum Gasteiger partial charge on any atom is 0.240 e. The molecule has 0 radical (unpaired) electrons. The fourth-order valence-electron chi connectivity index (χ4n) is 3.71. The lowest BCUT2D eigenvalue weighted by molar-refractivity contribution is 0.00950. The molecular weight excluding hydrogens is 402 g/mol. The average molecular weight is 428 g/mol. The van der Waals surface area contributed by atoms with Gasteiger partial charge in [0.25, 0.3) is 0 Å². The van der Waals surface area contributed by atoms with Crippen LogP contribution in [0.2, 0.25) is 0 Å². The molecule has 0 aliphatic carbocycles. The van der Waals surface area contributed by atoms with Crippen molar-refractivity contribution in [2.24, 2.45) is 0 Å². The fraction of sp³-hybridized carbons (Fsp3) is 0.333. The van der Waals surface area contributed by atoms with Gasteiger partial charge in [0.05, 0.1) is 22.7 Å². The van der Waals surface area contributed by atoms with E-state index in [0.29, 0.717) is 13.0 Å². The molecule has 1 saturated heterocycles. The molecule has 1 aliphatic rings. The van der Waals surface area contributed by atoms with E-state index >= 15 is 0 Å². The molecule has 0 saturated carbocycles. The molecule has 1 fully saturated rings. The minimum absolute atomic E-state index is 0.223. The van der Waals surface area contributed by atoms with Gasteiger partial charge in [0, 0.05) is 51.5 Å². The molecule has 1 N–H and O–H groups in total. The highest BCUT2D eigenvalue weighted by Crippen LogP contribution is 2.20. The van der Waals surface area contributed by atoms with Crippen LogP contribution in [0.5, 0.6) is 0 Å². The lowest BCUT2D eigenvalue weighted by Crippen LogP contribution is -2.54. The molecule has 3 heterocycles. The minimum atomic E-state index is -3.65. The third kappa shape index (κ3) is 4.76. The van der Waals surface area contributed by atoms with Crippen LogP contribution in [-0.4, -0.2) is 60.4 Å². The number of hydrogen-bond acceptors (Lipinski definition) is 6. The van der Waals surface area contributed by atoms with Crippen LogP contribution in [0.3, 0.4) is 0 Å². The van der Waals surface area contributed by atoms with Gasteiger partial charge in [-0.05, 0) is 54.4 Å². The maximum atomic E-state index is 12.9. The fourth-order valence-corrected chi connectivity index (χ4v) is 5.01. The Morgan fingerprint density at radius 1 is 1.13 bits per heavy atom. The molecule has 30 heavy (non-hydrogen) atoms. The number of likely N-dealkylation sites (tertiary alicyclic amines) is 1. The number of nitrogens with zero attached hydrogens (tertiary/aromatic N) is 4. The average Bonchev–Trinajstić information content (AvgIpc) is 3.30. The van der Waals surface area contributed by atoms with Crippen LogP contribution in [0, 0.1) is 0 Å². The summed E-state index contributed by atoms with van der Waals surface area (Å²) >= 11 is 0. The van der Waals surface area contributed by atoms with Crippen LogP contribution in [0.1, 0.15) is 12.0 Å². The number of nitrogens with one attached hydrogen (secondary N) is 1. The summed E-state index contributed by atoms with van der Waals surface area (Å²) in [6.45, 7) is 2.23. The molecule has 0 amide bonds. The molecule has 2 unspecified atom stereocenters. The first-order chi connectivity index (χ1) is 14.5. The van der Waals surface area contributed by atoms with Crippen molar-refractivity contribution in [1.82, 2.24) is 24.4 Å². The van der Waals surface area contributed by atoms with Crippen molar-refractivity contribution in [3.8, 4) is 5.69 Å². The van der Waals surface area contributed by atoms with E-state index in [9.17, 15) is 8.42 Å². The molecule has 9 heteroatoms. The van der Waals surface area contributed by atoms with E-state index < -0.39 is 10.0 Å². The van der Waals surface area contributed by atoms with Crippen molar-refractivity contribution in [3.05, 3.63) is 72.8 Å². The van der Waals surface area contributed by atoms with Crippen LogP contribution >= 0.6 is 0 Å². The van der Waals surface area contributed by atoms with Crippen LogP contribution in [0.4, 0.5) is 0 Å². The van der Waals surface area contributed by atoms with Crippen molar-refractivity contribution in [3.63, 3.8) is 0 Å². The minimum Gasteiger partial charge on any atom is -0.378 e. The molecular formula is C21H25N5O3S. The monoisotopic (exact) mass is 427 g/mol. The number of sulfonamides is 1. The Morgan fingerprint density at radius 3 is 2.57 bits per heavy atom. The Bertz CT molecular complexity index is 1040. The molecule has 8 nitrogen and oxygen atoms in total. The Kier molecular flexibility index (Phi) is 6.24. The second-order valence-corrected chi connectivity index (χ2v) is 9.04. The second kappa shape index (κ2) is 9.05. The van der Waals surface area contributed by atoms with Gasteiger partial charge >= 0.3 is 0 Å². The lowest BCUT2D eigenvalue weighted by Gasteiger charge is -2.37. The van der Waals surface area contributed by atoms with E-state index in [1.165, 1.54) is 5.56 Å². The quantitative estimate of drug-likeness (QED) is 0.619. The highest BCUT2D eigenvalue weighted by atomic mass is 32.2. The standard InChI is InChI=1S/C21H25N5O3S/c1-29-21-16-25(15-17-7-11-22-12-8-17)14-9-20(21)24-30(27,28)19-5-3-18(4-6-19)26-13-2-10-23-26/h2-8,10-13,20-21,24H,9,14-16H2,1H3. The van der Waals surface area contributed by atoms with E-state index in [1.54, 1.807) is 54.6 Å². The van der Waals surface area contributed by atoms with Gasteiger partial charge in [-0.2, -0.15) is 5.10 Å². The van der Waals surface area contributed by atoms with Gasteiger partial charge in [0.2, 0.25) is 10.0 Å². The number of methoxy groups -OCH3 is 1. The second-order valence-electron chi connectivity index (χ2n) is 7.33. The number of rotatable bonds is 7. The highest BCUT2D eigenvalue weighted by Gasteiger charge is 2.32. The first-order valence-electron chi connectivity index (χ1n) is 9.81. The zero-order chi connectivity index (χ0) is 21.0. The summed E-state index contributed by atoms with van der Waals surface area (Å²) < 4.78 is 36.0. The van der Waals surface area contributed by atoms with Crippen LogP contribution in [-0.2, 0) is 21.3 Å². The first kappa shape index (κ1) is 20.7. The van der Waals surface area contributed by atoms with E-state index in [0.717, 1.165) is 18.8 Å². The van der Waals surface area contributed by atoms with E-state index in [4.69, 9.17) is 4.74 Å². The van der Waals surface area contributed by atoms with Gasteiger partial charge in [-0.25, -0.2) is 17.8 Å². The Labute approximate surface area is 176 Å². The predicted molar refractivity (Wildman–Crippen MR) is 113 cm³/mol. The lowest BCUT2D eigenvalue weighted by atomic mass is 10.0. The van der Waals surface area contributed by atoms with Crippen LogP contribution < -0.4 is 4.72 Å². The molecule has 1 aliphatic heterocycles. The molecule has 0 spiro atoms. The summed E-state index contributed by atoms with van der Waals surface area (Å²) in [5, 5.41) is 4.16. The molecule has 3 aromatic rings. The normalized spacial score (nSPS) is 20.3. The summed E-state index contributed by atoms with van der Waals surface area (Å²) in [7, 11) is -2.03. The third-order valence-electron chi connectivity index (χ3n) is 5.32. The van der Waals surface area contributed by atoms with Gasteiger partial charge in [-0.1, -0.05) is 0 Å². The Morgan fingerprint density at radius 2 is 1.90 bits per heavy atom. The molecule has 2 aromatic heterocycles. The molecule has 158 valence electrons. The highest BCUT2D eigenvalue weighted by molar-refractivity contribution is 7.89. The number of benzene rings is 1. The summed E-state index contributed by atoms with van der Waals surface area (Å²) in [6, 6.07) is 12.2. The van der Waals surface area contributed by atoms with Crippen molar-refractivity contribution in [2.75, 3.05) is 20.2 Å². The van der Waals surface area contributed by atoms with E-state index in [2.05, 4.69) is 19.7 Å². The van der Waals surface area contributed by atoms with Crippen molar-refractivity contribution < 1.29 is 13.2 Å². The Balaban J connectivity index is 1.41. The van der Waals surface area contributed by atoms with Crippen molar-refractivity contribution >= 4 is 10.0 Å². The zero-order valence-corrected chi connectivity index (χ0v) is 17.6. The topological polar surface area (TPSA) is 89.4 Å². The van der Waals surface area contributed by atoms with E-state index in [-0.39, 0.29) is 17.0 Å². The summed E-state index contributed by atoms with van der Waals surface area (Å²) in [6.07, 6.45) is 7.50. The van der Waals surface area contributed by atoms with E-state index in [1.807, 2.05) is 24.4 Å². The smallest absolute Gasteiger partial charge is 0.240 e. The summed E-state index contributed by atoms with van der Waals surface area (Å²) in [4.78, 5) is 6.55. The third-order valence-corrected chi connectivity index (χ3v) is 6.83. The summed E-state index contributed by atoms with van der Waals surface area (Å²) in [5.74, 6) is 0. The van der Waals surface area contributed by atoms with Crippen molar-refractivity contribution in [2.45, 2.75) is 30.0 Å². The molecule has 1 aromatic carbocycles.